The summed E-state index contributed by atoms with van der Waals surface area (Å²) in [5, 5.41) is 3.16. The van der Waals surface area contributed by atoms with Crippen LogP contribution in [-0.4, -0.2) is 17.2 Å². The molecule has 1 fully saturated rings. The molecule has 0 bridgehead atoms. The van der Waals surface area contributed by atoms with Crippen molar-refractivity contribution in [2.75, 3.05) is 0 Å². The topological polar surface area (TPSA) is 29.1 Å². The molecule has 1 aromatic rings. The predicted octanol–water partition coefficient (Wildman–Crippen LogP) is 3.62. The van der Waals surface area contributed by atoms with Crippen molar-refractivity contribution >= 4 is 17.7 Å². The highest BCUT2D eigenvalue weighted by atomic mass is 32.2. The fourth-order valence-corrected chi connectivity index (χ4v) is 3.22. The van der Waals surface area contributed by atoms with Crippen molar-refractivity contribution in [1.82, 2.24) is 5.32 Å². The zero-order valence-electron chi connectivity index (χ0n) is 10.9. The summed E-state index contributed by atoms with van der Waals surface area (Å²) in [7, 11) is 0. The summed E-state index contributed by atoms with van der Waals surface area (Å²) < 4.78 is 0. The first-order chi connectivity index (χ1) is 8.75. The van der Waals surface area contributed by atoms with E-state index >= 15 is 0 Å². The maximum Gasteiger partial charge on any atom is 0.233 e. The molecule has 1 aliphatic carbocycles. The van der Waals surface area contributed by atoms with Crippen molar-refractivity contribution in [3.8, 4) is 0 Å². The highest BCUT2D eigenvalue weighted by Gasteiger charge is 2.20. The lowest BCUT2D eigenvalue weighted by Gasteiger charge is -2.24. The first kappa shape index (κ1) is 13.5. The number of thioether (sulfide) groups is 1. The molecule has 0 radical (unpaired) electrons. The van der Waals surface area contributed by atoms with Gasteiger partial charge in [0.05, 0.1) is 5.25 Å². The lowest BCUT2D eigenvalue weighted by atomic mass is 9.95. The van der Waals surface area contributed by atoms with Gasteiger partial charge in [-0.3, -0.25) is 4.79 Å². The second-order valence-electron chi connectivity index (χ2n) is 4.92. The van der Waals surface area contributed by atoms with Crippen LogP contribution in [0.15, 0.2) is 35.2 Å². The molecule has 0 aromatic heterocycles. The van der Waals surface area contributed by atoms with E-state index in [4.69, 9.17) is 0 Å². The van der Waals surface area contributed by atoms with Crippen molar-refractivity contribution in [3.63, 3.8) is 0 Å². The summed E-state index contributed by atoms with van der Waals surface area (Å²) in [6, 6.07) is 10.5. The van der Waals surface area contributed by atoms with Gasteiger partial charge < -0.3 is 5.32 Å². The molecule has 1 aliphatic rings. The lowest BCUT2D eigenvalue weighted by Crippen LogP contribution is -2.40. The predicted molar refractivity (Wildman–Crippen MR) is 76.8 cm³/mol. The van der Waals surface area contributed by atoms with E-state index in [1.807, 2.05) is 25.1 Å². The Morgan fingerprint density at radius 2 is 1.89 bits per heavy atom. The van der Waals surface area contributed by atoms with E-state index < -0.39 is 0 Å². The summed E-state index contributed by atoms with van der Waals surface area (Å²) >= 11 is 1.63. The summed E-state index contributed by atoms with van der Waals surface area (Å²) in [4.78, 5) is 13.2. The first-order valence-corrected chi connectivity index (χ1v) is 7.66. The summed E-state index contributed by atoms with van der Waals surface area (Å²) in [6.07, 6.45) is 6.12. The summed E-state index contributed by atoms with van der Waals surface area (Å²) in [5.41, 5.74) is 0. The van der Waals surface area contributed by atoms with E-state index in [2.05, 4.69) is 17.4 Å². The van der Waals surface area contributed by atoms with E-state index in [1.54, 1.807) is 11.8 Å². The number of benzene rings is 1. The van der Waals surface area contributed by atoms with Gasteiger partial charge in [0.2, 0.25) is 5.91 Å². The molecule has 0 saturated heterocycles. The van der Waals surface area contributed by atoms with E-state index in [-0.39, 0.29) is 11.2 Å². The van der Waals surface area contributed by atoms with Crippen molar-refractivity contribution in [1.29, 1.82) is 0 Å². The number of hydrogen-bond donors (Lipinski definition) is 1. The van der Waals surface area contributed by atoms with Gasteiger partial charge in [0, 0.05) is 10.9 Å². The van der Waals surface area contributed by atoms with Crippen LogP contribution in [0.1, 0.15) is 39.0 Å². The number of carbonyl (C=O) groups excluding carboxylic acids is 1. The molecule has 0 spiro atoms. The average molecular weight is 263 g/mol. The van der Waals surface area contributed by atoms with Gasteiger partial charge >= 0.3 is 0 Å². The van der Waals surface area contributed by atoms with Crippen LogP contribution in [0.5, 0.6) is 0 Å². The molecular weight excluding hydrogens is 242 g/mol. The summed E-state index contributed by atoms with van der Waals surface area (Å²) in [5.74, 6) is 0.177. The number of nitrogens with one attached hydrogen (secondary N) is 1. The van der Waals surface area contributed by atoms with Crippen LogP contribution < -0.4 is 5.32 Å². The summed E-state index contributed by atoms with van der Waals surface area (Å²) in [6.45, 7) is 1.98. The third-order valence-electron chi connectivity index (χ3n) is 3.38. The van der Waals surface area contributed by atoms with Crippen LogP contribution in [0.4, 0.5) is 0 Å². The third-order valence-corrected chi connectivity index (χ3v) is 4.49. The molecule has 1 atom stereocenters. The molecule has 2 nitrogen and oxygen atoms in total. The van der Waals surface area contributed by atoms with Crippen LogP contribution in [0.25, 0.3) is 0 Å². The van der Waals surface area contributed by atoms with Gasteiger partial charge in [-0.1, -0.05) is 37.5 Å². The van der Waals surface area contributed by atoms with E-state index in [9.17, 15) is 4.79 Å². The zero-order chi connectivity index (χ0) is 12.8. The molecule has 1 N–H and O–H groups in total. The van der Waals surface area contributed by atoms with Gasteiger partial charge in [-0.2, -0.15) is 0 Å². The van der Waals surface area contributed by atoms with Crippen molar-refractivity contribution in [2.24, 2.45) is 0 Å². The van der Waals surface area contributed by atoms with E-state index in [1.165, 1.54) is 19.3 Å². The molecule has 0 heterocycles. The Bertz CT molecular complexity index is 373. The van der Waals surface area contributed by atoms with Crippen LogP contribution in [0, 0.1) is 0 Å². The minimum atomic E-state index is -0.0191. The maximum atomic E-state index is 12.1. The van der Waals surface area contributed by atoms with Crippen molar-refractivity contribution < 1.29 is 4.79 Å². The average Bonchev–Trinajstić information content (AvgIpc) is 2.41. The van der Waals surface area contributed by atoms with Gasteiger partial charge in [0.15, 0.2) is 0 Å². The second kappa shape index (κ2) is 6.83. The Morgan fingerprint density at radius 1 is 1.22 bits per heavy atom. The Hall–Kier alpha value is -0.960. The monoisotopic (exact) mass is 263 g/mol. The number of hydrogen-bond acceptors (Lipinski definition) is 2. The maximum absolute atomic E-state index is 12.1. The molecule has 0 aliphatic heterocycles. The van der Waals surface area contributed by atoms with E-state index in [0.29, 0.717) is 6.04 Å². The fraction of sp³-hybridized carbons (Fsp3) is 0.533. The highest BCUT2D eigenvalue weighted by Crippen LogP contribution is 2.23. The Morgan fingerprint density at radius 3 is 2.56 bits per heavy atom. The Labute approximate surface area is 114 Å². The fourth-order valence-electron chi connectivity index (χ4n) is 2.32. The third kappa shape index (κ3) is 4.05. The SMILES string of the molecule is CC(Sc1ccccc1)C(=O)NC1CCCCC1. The Kier molecular flexibility index (Phi) is 5.12. The van der Waals surface area contributed by atoms with E-state index in [0.717, 1.165) is 17.7 Å². The standard InChI is InChI=1S/C15H21NOS/c1-12(18-14-10-6-3-7-11-14)15(17)16-13-8-4-2-5-9-13/h3,6-7,10-13H,2,4-5,8-9H2,1H3,(H,16,17). The molecule has 1 amide bonds. The zero-order valence-corrected chi connectivity index (χ0v) is 11.7. The minimum absolute atomic E-state index is 0.0191. The first-order valence-electron chi connectivity index (χ1n) is 6.78. The lowest BCUT2D eigenvalue weighted by molar-refractivity contribution is -0.121. The van der Waals surface area contributed by atoms with Gasteiger partial charge in [-0.15, -0.1) is 11.8 Å². The second-order valence-corrected chi connectivity index (χ2v) is 6.33. The number of carbonyl (C=O) groups is 1. The Balaban J connectivity index is 1.81. The van der Waals surface area contributed by atoms with Gasteiger partial charge in [0.25, 0.3) is 0 Å². The molecule has 3 heteroatoms. The number of amides is 1. The van der Waals surface area contributed by atoms with Crippen molar-refractivity contribution in [3.05, 3.63) is 30.3 Å². The highest BCUT2D eigenvalue weighted by molar-refractivity contribution is 8.00. The van der Waals surface area contributed by atoms with Gasteiger partial charge in [0.1, 0.15) is 0 Å². The number of rotatable bonds is 4. The van der Waals surface area contributed by atoms with Crippen LogP contribution in [-0.2, 0) is 4.79 Å². The van der Waals surface area contributed by atoms with Crippen LogP contribution >= 0.6 is 11.8 Å². The van der Waals surface area contributed by atoms with Gasteiger partial charge in [-0.25, -0.2) is 0 Å². The van der Waals surface area contributed by atoms with Crippen LogP contribution in [0.2, 0.25) is 0 Å². The molecule has 18 heavy (non-hydrogen) atoms. The molecule has 2 rings (SSSR count). The minimum Gasteiger partial charge on any atom is -0.352 e. The van der Waals surface area contributed by atoms with Crippen LogP contribution in [0.3, 0.4) is 0 Å². The molecule has 1 unspecified atom stereocenters. The molecule has 1 saturated carbocycles. The molecule has 98 valence electrons. The van der Waals surface area contributed by atoms with Crippen molar-refractivity contribution in [2.45, 2.75) is 55.2 Å². The smallest absolute Gasteiger partial charge is 0.233 e. The normalized spacial score (nSPS) is 18.3. The largest absolute Gasteiger partial charge is 0.352 e. The quantitative estimate of drug-likeness (QED) is 0.841. The molecular formula is C15H21NOS. The molecule has 1 aromatic carbocycles. The van der Waals surface area contributed by atoms with Gasteiger partial charge in [-0.05, 0) is 31.9 Å².